The van der Waals surface area contributed by atoms with Crippen LogP contribution >= 0.6 is 0 Å². The number of carbonyl (C=O) groups excluding carboxylic acids is 1. The maximum absolute atomic E-state index is 13.5. The molecule has 0 aliphatic carbocycles. The molecule has 1 N–H and O–H groups in total. The highest BCUT2D eigenvalue weighted by molar-refractivity contribution is 5.85. The zero-order valence-corrected chi connectivity index (χ0v) is 17.6. The van der Waals surface area contributed by atoms with Gasteiger partial charge in [0, 0.05) is 19.0 Å². The lowest BCUT2D eigenvalue weighted by atomic mass is 9.75. The van der Waals surface area contributed by atoms with Crippen LogP contribution in [0.2, 0.25) is 0 Å². The number of hydrogen-bond acceptors (Lipinski definition) is 3. The fraction of sp³-hybridized carbons (Fsp3) is 0.652. The molecule has 0 aromatic heterocycles. The number of carboxylic acids is 1. The lowest BCUT2D eigenvalue weighted by Gasteiger charge is -2.38. The fourth-order valence-electron chi connectivity index (χ4n) is 4.90. The van der Waals surface area contributed by atoms with Crippen LogP contribution in [0.25, 0.3) is 0 Å². The molecule has 1 aromatic carbocycles. The van der Waals surface area contributed by atoms with Crippen LogP contribution in [0.3, 0.4) is 0 Å². The Kier molecular flexibility index (Phi) is 6.93. The lowest BCUT2D eigenvalue weighted by molar-refractivity contribution is -0.139. The molecule has 2 aliphatic heterocycles. The van der Waals surface area contributed by atoms with Gasteiger partial charge >= 0.3 is 5.97 Å². The van der Waals surface area contributed by atoms with Crippen molar-refractivity contribution < 1.29 is 19.1 Å². The Morgan fingerprint density at radius 3 is 2.48 bits per heavy atom. The second-order valence-corrected chi connectivity index (χ2v) is 9.16. The number of carbonyl (C=O) groups is 2. The molecule has 0 radical (unpaired) electrons. The number of aliphatic carboxylic acids is 1. The van der Waals surface area contributed by atoms with Gasteiger partial charge in [0.1, 0.15) is 5.82 Å². The Balaban J connectivity index is 1.66. The zero-order valence-electron chi connectivity index (χ0n) is 17.6. The molecule has 1 spiro atoms. The minimum absolute atomic E-state index is 0.161. The molecule has 2 aliphatic rings. The Morgan fingerprint density at radius 1 is 1.24 bits per heavy atom. The standard InChI is InChI=1S/C23H33FN2O3/c1-17(2)16-26-20(14-18-5-7-19(24)8-6-18)15-23(22(26)29)9-12-25(13-10-23)11-3-4-21(27)28/h5-8,17,20H,3-4,9-16H2,1-2H3,(H,27,28)/t20-/m1/s1. The minimum Gasteiger partial charge on any atom is -0.481 e. The van der Waals surface area contributed by atoms with Crippen LogP contribution in [-0.4, -0.2) is 59.0 Å². The molecule has 6 heteroatoms. The molecular weight excluding hydrogens is 371 g/mol. The highest BCUT2D eigenvalue weighted by atomic mass is 19.1. The number of amides is 1. The van der Waals surface area contributed by atoms with Crippen molar-refractivity contribution in [3.63, 3.8) is 0 Å². The van der Waals surface area contributed by atoms with Crippen molar-refractivity contribution in [1.29, 1.82) is 0 Å². The van der Waals surface area contributed by atoms with Crippen molar-refractivity contribution in [3.05, 3.63) is 35.6 Å². The van der Waals surface area contributed by atoms with E-state index in [9.17, 15) is 14.0 Å². The Morgan fingerprint density at radius 2 is 1.90 bits per heavy atom. The van der Waals surface area contributed by atoms with Gasteiger partial charge in [-0.2, -0.15) is 0 Å². The van der Waals surface area contributed by atoms with Gasteiger partial charge in [-0.05, 0) is 75.4 Å². The van der Waals surface area contributed by atoms with Crippen molar-refractivity contribution in [1.82, 2.24) is 9.80 Å². The third kappa shape index (κ3) is 5.35. The molecule has 0 bridgehead atoms. The topological polar surface area (TPSA) is 60.9 Å². The first kappa shape index (κ1) is 21.8. The molecule has 3 rings (SSSR count). The normalized spacial score (nSPS) is 22.0. The van der Waals surface area contributed by atoms with Crippen LogP contribution in [0.4, 0.5) is 4.39 Å². The molecule has 5 nitrogen and oxygen atoms in total. The lowest BCUT2D eigenvalue weighted by Crippen LogP contribution is -2.45. The first-order valence-corrected chi connectivity index (χ1v) is 10.8. The highest BCUT2D eigenvalue weighted by Gasteiger charge is 2.52. The number of rotatable bonds is 8. The van der Waals surface area contributed by atoms with E-state index in [-0.39, 0.29) is 29.6 Å². The van der Waals surface area contributed by atoms with E-state index in [4.69, 9.17) is 5.11 Å². The largest absolute Gasteiger partial charge is 0.481 e. The minimum atomic E-state index is -0.752. The van der Waals surface area contributed by atoms with Gasteiger partial charge in [-0.1, -0.05) is 26.0 Å². The molecule has 1 amide bonds. The smallest absolute Gasteiger partial charge is 0.303 e. The first-order valence-electron chi connectivity index (χ1n) is 10.8. The van der Waals surface area contributed by atoms with Gasteiger partial charge in [-0.3, -0.25) is 9.59 Å². The molecule has 2 saturated heterocycles. The molecule has 2 heterocycles. The van der Waals surface area contributed by atoms with Crippen molar-refractivity contribution >= 4 is 11.9 Å². The quantitative estimate of drug-likeness (QED) is 0.720. The fourth-order valence-corrected chi connectivity index (χ4v) is 4.90. The van der Waals surface area contributed by atoms with Gasteiger partial charge in [0.15, 0.2) is 0 Å². The molecule has 29 heavy (non-hydrogen) atoms. The van der Waals surface area contributed by atoms with Crippen molar-refractivity contribution in [2.75, 3.05) is 26.2 Å². The predicted molar refractivity (Wildman–Crippen MR) is 110 cm³/mol. The molecule has 0 saturated carbocycles. The average molecular weight is 405 g/mol. The van der Waals surface area contributed by atoms with Crippen LogP contribution in [0.5, 0.6) is 0 Å². The molecular formula is C23H33FN2O3. The summed E-state index contributed by atoms with van der Waals surface area (Å²) in [7, 11) is 0. The van der Waals surface area contributed by atoms with Gasteiger partial charge in [-0.25, -0.2) is 4.39 Å². The maximum Gasteiger partial charge on any atom is 0.303 e. The van der Waals surface area contributed by atoms with Crippen LogP contribution in [0.15, 0.2) is 24.3 Å². The van der Waals surface area contributed by atoms with Crippen LogP contribution in [0.1, 0.15) is 51.5 Å². The summed E-state index contributed by atoms with van der Waals surface area (Å²) in [5.41, 5.74) is 0.782. The van der Waals surface area contributed by atoms with Crippen molar-refractivity contribution in [2.45, 2.75) is 58.4 Å². The number of piperidine rings is 1. The summed E-state index contributed by atoms with van der Waals surface area (Å²) < 4.78 is 13.3. The van der Waals surface area contributed by atoms with E-state index in [1.165, 1.54) is 12.1 Å². The van der Waals surface area contributed by atoms with Gasteiger partial charge < -0.3 is 14.9 Å². The summed E-state index contributed by atoms with van der Waals surface area (Å²) in [6.07, 6.45) is 4.16. The monoisotopic (exact) mass is 404 g/mol. The van der Waals surface area contributed by atoms with E-state index in [2.05, 4.69) is 23.6 Å². The number of benzene rings is 1. The first-order chi connectivity index (χ1) is 13.8. The summed E-state index contributed by atoms with van der Waals surface area (Å²) in [5.74, 6) is -0.302. The number of nitrogens with zero attached hydrogens (tertiary/aromatic N) is 2. The van der Waals surface area contributed by atoms with Gasteiger partial charge in [0.25, 0.3) is 0 Å². The summed E-state index contributed by atoms with van der Waals surface area (Å²) in [6.45, 7) is 7.52. The van der Waals surface area contributed by atoms with E-state index in [1.54, 1.807) is 0 Å². The molecule has 1 atom stereocenters. The summed E-state index contributed by atoms with van der Waals surface area (Å²) in [5, 5.41) is 8.82. The predicted octanol–water partition coefficient (Wildman–Crippen LogP) is 3.57. The zero-order chi connectivity index (χ0) is 21.0. The molecule has 0 unspecified atom stereocenters. The van der Waals surface area contributed by atoms with E-state index in [0.717, 1.165) is 57.4 Å². The summed E-state index contributed by atoms with van der Waals surface area (Å²) in [4.78, 5) is 28.6. The highest BCUT2D eigenvalue weighted by Crippen LogP contribution is 2.45. The van der Waals surface area contributed by atoms with Crippen LogP contribution in [0, 0.1) is 17.2 Å². The van der Waals surface area contributed by atoms with E-state index in [0.29, 0.717) is 12.3 Å². The molecule has 160 valence electrons. The number of halogens is 1. The Hall–Kier alpha value is -1.95. The SMILES string of the molecule is CC(C)CN1C(=O)C2(CCN(CCCC(=O)O)CC2)C[C@H]1Cc1ccc(F)cc1. The Labute approximate surface area is 172 Å². The van der Waals surface area contributed by atoms with Crippen LogP contribution in [-0.2, 0) is 16.0 Å². The second kappa shape index (κ2) is 9.24. The Bertz CT molecular complexity index is 711. The number of likely N-dealkylation sites (tertiary alicyclic amines) is 2. The molecule has 1 aromatic rings. The number of carboxylic acid groups (broad SMARTS) is 1. The third-order valence-corrected chi connectivity index (χ3v) is 6.41. The van der Waals surface area contributed by atoms with Gasteiger partial charge in [0.05, 0.1) is 5.41 Å². The van der Waals surface area contributed by atoms with E-state index < -0.39 is 5.97 Å². The van der Waals surface area contributed by atoms with Crippen LogP contribution < -0.4 is 0 Å². The van der Waals surface area contributed by atoms with Gasteiger partial charge in [0.2, 0.25) is 5.91 Å². The third-order valence-electron chi connectivity index (χ3n) is 6.41. The summed E-state index contributed by atoms with van der Waals surface area (Å²) >= 11 is 0. The second-order valence-electron chi connectivity index (χ2n) is 9.16. The molecule has 2 fully saturated rings. The maximum atomic E-state index is 13.5. The summed E-state index contributed by atoms with van der Waals surface area (Å²) in [6, 6.07) is 6.79. The van der Waals surface area contributed by atoms with Crippen molar-refractivity contribution in [3.8, 4) is 0 Å². The van der Waals surface area contributed by atoms with Crippen molar-refractivity contribution in [2.24, 2.45) is 11.3 Å². The van der Waals surface area contributed by atoms with E-state index in [1.807, 2.05) is 12.1 Å². The van der Waals surface area contributed by atoms with Gasteiger partial charge in [-0.15, -0.1) is 0 Å². The average Bonchev–Trinajstić information content (AvgIpc) is 2.90. The number of hydrogen-bond donors (Lipinski definition) is 1. The van der Waals surface area contributed by atoms with E-state index >= 15 is 0 Å².